The molecular formula is C21H25ClFN5O. The molecule has 0 aliphatic carbocycles. The van der Waals surface area contributed by atoms with Gasteiger partial charge in [-0.25, -0.2) is 9.37 Å². The first kappa shape index (κ1) is 21.2. The molecule has 154 valence electrons. The number of pyridine rings is 1. The van der Waals surface area contributed by atoms with Crippen molar-refractivity contribution in [2.45, 2.75) is 26.3 Å². The summed E-state index contributed by atoms with van der Waals surface area (Å²) in [5, 5.41) is 4.01. The Balaban J connectivity index is 0.00000240. The van der Waals surface area contributed by atoms with Crippen LogP contribution in [0, 0.1) is 5.82 Å². The topological polar surface area (TPSA) is 58.3 Å². The van der Waals surface area contributed by atoms with Crippen molar-refractivity contribution in [1.82, 2.24) is 20.0 Å². The second-order valence-corrected chi connectivity index (χ2v) is 6.99. The molecule has 2 aromatic heterocycles. The Kier molecular flexibility index (Phi) is 7.17. The number of rotatable bonds is 5. The van der Waals surface area contributed by atoms with Crippen molar-refractivity contribution in [3.05, 3.63) is 59.8 Å². The van der Waals surface area contributed by atoms with Crippen molar-refractivity contribution in [2.75, 3.05) is 31.1 Å². The van der Waals surface area contributed by atoms with Crippen LogP contribution in [0.1, 0.15) is 24.7 Å². The Hall–Kier alpha value is -2.51. The molecule has 4 rings (SSSR count). The summed E-state index contributed by atoms with van der Waals surface area (Å²) in [5.74, 6) is 1.90. The molecule has 0 bridgehead atoms. The highest BCUT2D eigenvalue weighted by Gasteiger charge is 2.21. The second-order valence-electron chi connectivity index (χ2n) is 6.99. The molecular weight excluding hydrogens is 393 g/mol. The Bertz CT molecular complexity index is 935. The van der Waals surface area contributed by atoms with Gasteiger partial charge in [-0.2, -0.15) is 4.98 Å². The summed E-state index contributed by atoms with van der Waals surface area (Å²) < 4.78 is 18.9. The zero-order chi connectivity index (χ0) is 19.3. The van der Waals surface area contributed by atoms with Gasteiger partial charge in [-0.15, -0.1) is 12.4 Å². The van der Waals surface area contributed by atoms with E-state index < -0.39 is 0 Å². The Labute approximate surface area is 176 Å². The molecule has 0 N–H and O–H groups in total. The number of hydrogen-bond donors (Lipinski definition) is 0. The molecule has 3 heterocycles. The molecule has 3 aromatic rings. The highest BCUT2D eigenvalue weighted by molar-refractivity contribution is 5.85. The van der Waals surface area contributed by atoms with Gasteiger partial charge in [0, 0.05) is 45.3 Å². The van der Waals surface area contributed by atoms with Crippen LogP contribution in [0.2, 0.25) is 0 Å². The van der Waals surface area contributed by atoms with Gasteiger partial charge in [-0.05, 0) is 36.2 Å². The van der Waals surface area contributed by atoms with E-state index in [9.17, 15) is 4.39 Å². The van der Waals surface area contributed by atoms with Crippen molar-refractivity contribution in [1.29, 1.82) is 0 Å². The molecule has 0 amide bonds. The number of aryl methyl sites for hydroxylation is 1. The van der Waals surface area contributed by atoms with E-state index in [1.165, 1.54) is 6.07 Å². The lowest BCUT2D eigenvalue weighted by molar-refractivity contribution is 0.285. The van der Waals surface area contributed by atoms with E-state index in [1.54, 1.807) is 18.3 Å². The van der Waals surface area contributed by atoms with Gasteiger partial charge in [0.25, 0.3) is 5.89 Å². The molecule has 1 aliphatic rings. The zero-order valence-corrected chi connectivity index (χ0v) is 17.2. The third-order valence-corrected chi connectivity index (χ3v) is 4.98. The van der Waals surface area contributed by atoms with E-state index in [0.717, 1.165) is 62.5 Å². The maximum absolute atomic E-state index is 13.5. The largest absolute Gasteiger partial charge is 0.355 e. The van der Waals surface area contributed by atoms with Crippen LogP contribution in [0.4, 0.5) is 10.2 Å². The first-order valence-corrected chi connectivity index (χ1v) is 9.72. The first-order valence-electron chi connectivity index (χ1n) is 9.72. The van der Waals surface area contributed by atoms with Gasteiger partial charge >= 0.3 is 0 Å². The van der Waals surface area contributed by atoms with Gasteiger partial charge < -0.3 is 9.42 Å². The molecule has 29 heavy (non-hydrogen) atoms. The van der Waals surface area contributed by atoms with Crippen LogP contribution >= 0.6 is 12.4 Å². The van der Waals surface area contributed by atoms with Crippen molar-refractivity contribution in [2.24, 2.45) is 0 Å². The molecule has 1 saturated heterocycles. The molecule has 0 radical (unpaired) electrons. The molecule has 0 spiro atoms. The van der Waals surface area contributed by atoms with Crippen molar-refractivity contribution >= 4 is 18.2 Å². The zero-order valence-electron chi connectivity index (χ0n) is 16.4. The molecule has 0 unspecified atom stereocenters. The molecule has 6 nitrogen and oxygen atoms in total. The average molecular weight is 418 g/mol. The van der Waals surface area contributed by atoms with Gasteiger partial charge in [0.05, 0.1) is 5.56 Å². The summed E-state index contributed by atoms with van der Waals surface area (Å²) in [6, 6.07) is 10.7. The monoisotopic (exact) mass is 417 g/mol. The average Bonchev–Trinajstić information content (AvgIpc) is 3.08. The number of benzene rings is 1. The lowest BCUT2D eigenvalue weighted by Gasteiger charge is -2.24. The van der Waals surface area contributed by atoms with E-state index in [0.29, 0.717) is 11.7 Å². The summed E-state index contributed by atoms with van der Waals surface area (Å²) in [4.78, 5) is 13.7. The summed E-state index contributed by atoms with van der Waals surface area (Å²) in [6.07, 6.45) is 3.54. The predicted molar refractivity (Wildman–Crippen MR) is 113 cm³/mol. The van der Waals surface area contributed by atoms with E-state index in [2.05, 4.69) is 24.9 Å². The van der Waals surface area contributed by atoms with Crippen LogP contribution in [-0.2, 0) is 13.0 Å². The Morgan fingerprint density at radius 2 is 2.00 bits per heavy atom. The van der Waals surface area contributed by atoms with E-state index in [1.807, 2.05) is 25.1 Å². The second kappa shape index (κ2) is 9.80. The van der Waals surface area contributed by atoms with Crippen LogP contribution < -0.4 is 4.90 Å². The van der Waals surface area contributed by atoms with Crippen molar-refractivity contribution in [3.63, 3.8) is 0 Å². The predicted octanol–water partition coefficient (Wildman–Crippen LogP) is 3.97. The molecule has 1 fully saturated rings. The number of hydrogen-bond acceptors (Lipinski definition) is 6. The van der Waals surface area contributed by atoms with E-state index >= 15 is 0 Å². The third-order valence-electron chi connectivity index (χ3n) is 4.98. The normalized spacial score (nSPS) is 15.0. The lowest BCUT2D eigenvalue weighted by Crippen LogP contribution is -2.31. The van der Waals surface area contributed by atoms with Crippen molar-refractivity contribution in [3.8, 4) is 11.5 Å². The maximum atomic E-state index is 13.5. The minimum Gasteiger partial charge on any atom is -0.355 e. The lowest BCUT2D eigenvalue weighted by atomic mass is 10.2. The summed E-state index contributed by atoms with van der Waals surface area (Å²) in [5.41, 5.74) is 1.87. The number of aromatic nitrogens is 3. The van der Waals surface area contributed by atoms with Gasteiger partial charge in [-0.3, -0.25) is 4.90 Å². The molecule has 8 heteroatoms. The van der Waals surface area contributed by atoms with Crippen LogP contribution in [0.15, 0.2) is 47.1 Å². The number of nitrogens with zero attached hydrogens (tertiary/aromatic N) is 5. The quantitative estimate of drug-likeness (QED) is 0.626. The van der Waals surface area contributed by atoms with E-state index in [-0.39, 0.29) is 18.2 Å². The number of anilines is 1. The van der Waals surface area contributed by atoms with Gasteiger partial charge in [0.2, 0.25) is 0 Å². The summed E-state index contributed by atoms with van der Waals surface area (Å²) >= 11 is 0. The van der Waals surface area contributed by atoms with Gasteiger partial charge in [0.1, 0.15) is 11.6 Å². The first-order chi connectivity index (χ1) is 13.7. The third kappa shape index (κ3) is 5.10. The number of halogens is 2. The van der Waals surface area contributed by atoms with Gasteiger partial charge in [0.15, 0.2) is 5.82 Å². The Morgan fingerprint density at radius 3 is 2.79 bits per heavy atom. The van der Waals surface area contributed by atoms with Crippen LogP contribution in [0.5, 0.6) is 0 Å². The van der Waals surface area contributed by atoms with Crippen LogP contribution in [0.25, 0.3) is 11.5 Å². The molecule has 1 aromatic carbocycles. The highest BCUT2D eigenvalue weighted by Crippen LogP contribution is 2.28. The molecule has 0 atom stereocenters. The fraction of sp³-hybridized carbons (Fsp3) is 0.381. The van der Waals surface area contributed by atoms with Gasteiger partial charge in [-0.1, -0.05) is 24.2 Å². The van der Waals surface area contributed by atoms with Crippen LogP contribution in [-0.4, -0.2) is 46.2 Å². The van der Waals surface area contributed by atoms with Crippen LogP contribution in [0.3, 0.4) is 0 Å². The smallest absolute Gasteiger partial charge is 0.261 e. The Morgan fingerprint density at radius 1 is 1.10 bits per heavy atom. The fourth-order valence-corrected chi connectivity index (χ4v) is 3.56. The minimum absolute atomic E-state index is 0. The summed E-state index contributed by atoms with van der Waals surface area (Å²) in [6.45, 7) is 6.35. The fourth-order valence-electron chi connectivity index (χ4n) is 3.56. The van der Waals surface area contributed by atoms with Crippen molar-refractivity contribution < 1.29 is 8.91 Å². The summed E-state index contributed by atoms with van der Waals surface area (Å²) in [7, 11) is 0. The maximum Gasteiger partial charge on any atom is 0.261 e. The van der Waals surface area contributed by atoms with E-state index in [4.69, 9.17) is 4.52 Å². The highest BCUT2D eigenvalue weighted by atomic mass is 35.5. The SMILES string of the molecule is CCc1noc(-c2cccnc2N2CCCN(Cc3cccc(F)c3)CC2)n1.Cl. The standard InChI is InChI=1S/C21H24FN5O.ClH/c1-2-19-24-21(28-25-19)18-8-4-9-23-20(18)27-11-5-10-26(12-13-27)15-16-6-3-7-17(22)14-16;/h3-4,6-9,14H,2,5,10-13,15H2,1H3;1H. The molecule has 1 aliphatic heterocycles. The molecule has 0 saturated carbocycles. The minimum atomic E-state index is -0.182.